The van der Waals surface area contributed by atoms with E-state index in [9.17, 15) is 4.39 Å². The Morgan fingerprint density at radius 2 is 1.65 bits per heavy atom. The monoisotopic (exact) mass is 313 g/mol. The van der Waals surface area contributed by atoms with Crippen molar-refractivity contribution >= 4 is 5.69 Å². The molecule has 1 heterocycles. The van der Waals surface area contributed by atoms with Gasteiger partial charge in [0, 0.05) is 12.1 Å². The first-order chi connectivity index (χ1) is 11.2. The second kappa shape index (κ2) is 7.60. The van der Waals surface area contributed by atoms with E-state index in [2.05, 4.69) is 42.2 Å². The summed E-state index contributed by atoms with van der Waals surface area (Å²) in [5, 5.41) is 0. The van der Waals surface area contributed by atoms with E-state index < -0.39 is 0 Å². The van der Waals surface area contributed by atoms with E-state index in [1.165, 1.54) is 12.0 Å². The Hall–Kier alpha value is -1.87. The van der Waals surface area contributed by atoms with E-state index in [-0.39, 0.29) is 5.82 Å². The highest BCUT2D eigenvalue weighted by molar-refractivity contribution is 5.46. The number of benzene rings is 2. The van der Waals surface area contributed by atoms with Crippen molar-refractivity contribution in [2.24, 2.45) is 0 Å². The van der Waals surface area contributed by atoms with Crippen molar-refractivity contribution in [1.82, 2.24) is 0 Å². The Kier molecular flexibility index (Phi) is 5.29. The lowest BCUT2D eigenvalue weighted by Gasteiger charge is -2.36. The Morgan fingerprint density at radius 3 is 2.30 bits per heavy atom. The summed E-state index contributed by atoms with van der Waals surface area (Å²) in [6.07, 6.45) is 2.39. The molecule has 0 radical (unpaired) electrons. The Balaban J connectivity index is 1.47. The fourth-order valence-corrected chi connectivity index (χ4v) is 3.43. The number of aryl methyl sites for hydroxylation is 1. The summed E-state index contributed by atoms with van der Waals surface area (Å²) in [5.41, 5.74) is 2.58. The summed E-state index contributed by atoms with van der Waals surface area (Å²) in [7, 11) is 0. The van der Waals surface area contributed by atoms with Gasteiger partial charge in [0.25, 0.3) is 0 Å². The molecular formula is C20H26FN2+. The fourth-order valence-electron chi connectivity index (χ4n) is 3.43. The number of quaternary nitrogens is 1. The van der Waals surface area contributed by atoms with Gasteiger partial charge in [-0.15, -0.1) is 0 Å². The summed E-state index contributed by atoms with van der Waals surface area (Å²) < 4.78 is 13.0. The molecule has 1 aliphatic heterocycles. The SMILES string of the molecule is C[C@H](CCc1ccccc1)[NH+]1CCN(c2ccc(F)cc2)CC1. The number of piperazine rings is 1. The predicted octanol–water partition coefficient (Wildman–Crippen LogP) is 2.55. The molecule has 2 aromatic rings. The van der Waals surface area contributed by atoms with Crippen molar-refractivity contribution in [1.29, 1.82) is 0 Å². The zero-order chi connectivity index (χ0) is 16.1. The van der Waals surface area contributed by atoms with Gasteiger partial charge in [-0.1, -0.05) is 30.3 Å². The van der Waals surface area contributed by atoms with Crippen molar-refractivity contribution in [3.05, 3.63) is 66.0 Å². The number of rotatable bonds is 5. The number of hydrogen-bond donors (Lipinski definition) is 1. The molecule has 3 rings (SSSR count). The zero-order valence-corrected chi connectivity index (χ0v) is 13.8. The minimum Gasteiger partial charge on any atom is -0.360 e. The minimum atomic E-state index is -0.160. The molecule has 2 aromatic carbocycles. The topological polar surface area (TPSA) is 7.68 Å². The van der Waals surface area contributed by atoms with E-state index in [0.29, 0.717) is 6.04 Å². The summed E-state index contributed by atoms with van der Waals surface area (Å²) in [4.78, 5) is 4.06. The normalized spacial score (nSPS) is 17.2. The van der Waals surface area contributed by atoms with Crippen molar-refractivity contribution in [3.63, 3.8) is 0 Å². The van der Waals surface area contributed by atoms with E-state index in [0.717, 1.165) is 38.3 Å². The minimum absolute atomic E-state index is 0.160. The highest BCUT2D eigenvalue weighted by Crippen LogP contribution is 2.14. The van der Waals surface area contributed by atoms with E-state index in [1.54, 1.807) is 17.0 Å². The van der Waals surface area contributed by atoms with Gasteiger partial charge in [-0.25, -0.2) is 4.39 Å². The van der Waals surface area contributed by atoms with Crippen molar-refractivity contribution in [2.75, 3.05) is 31.1 Å². The van der Waals surface area contributed by atoms with Crippen LogP contribution in [-0.4, -0.2) is 32.2 Å². The first kappa shape index (κ1) is 16.0. The van der Waals surface area contributed by atoms with Crippen LogP contribution < -0.4 is 9.80 Å². The average molecular weight is 313 g/mol. The Labute approximate surface area is 138 Å². The molecule has 1 atom stereocenters. The molecule has 0 aliphatic carbocycles. The Bertz CT molecular complexity index is 589. The molecule has 23 heavy (non-hydrogen) atoms. The van der Waals surface area contributed by atoms with Crippen LogP contribution in [0.2, 0.25) is 0 Å². The van der Waals surface area contributed by atoms with Gasteiger partial charge in [0.15, 0.2) is 0 Å². The molecule has 1 fully saturated rings. The van der Waals surface area contributed by atoms with Crippen LogP contribution in [0.1, 0.15) is 18.9 Å². The maximum absolute atomic E-state index is 13.0. The molecule has 0 saturated carbocycles. The van der Waals surface area contributed by atoms with Crippen LogP contribution in [0.3, 0.4) is 0 Å². The molecule has 122 valence electrons. The largest absolute Gasteiger partial charge is 0.360 e. The van der Waals surface area contributed by atoms with E-state index >= 15 is 0 Å². The highest BCUT2D eigenvalue weighted by Gasteiger charge is 2.24. The molecule has 0 bridgehead atoms. The molecule has 2 nitrogen and oxygen atoms in total. The van der Waals surface area contributed by atoms with Crippen LogP contribution in [0.4, 0.5) is 10.1 Å². The third-order valence-corrected chi connectivity index (χ3v) is 5.00. The number of nitrogens with zero attached hydrogens (tertiary/aromatic N) is 1. The maximum atomic E-state index is 13.0. The molecule has 1 saturated heterocycles. The second-order valence-corrected chi connectivity index (χ2v) is 6.55. The van der Waals surface area contributed by atoms with Gasteiger partial charge in [-0.3, -0.25) is 0 Å². The van der Waals surface area contributed by atoms with Crippen LogP contribution >= 0.6 is 0 Å². The summed E-state index contributed by atoms with van der Waals surface area (Å²) in [6.45, 7) is 6.79. The maximum Gasteiger partial charge on any atom is 0.123 e. The number of hydrogen-bond acceptors (Lipinski definition) is 1. The first-order valence-electron chi connectivity index (χ1n) is 8.61. The standard InChI is InChI=1S/C20H25FN2/c1-17(7-8-18-5-3-2-4-6-18)22-13-15-23(16-14-22)20-11-9-19(21)10-12-20/h2-6,9-12,17H,7-8,13-16H2,1H3/p+1/t17-/m1/s1. The van der Waals surface area contributed by atoms with Gasteiger partial charge in [-0.05, 0) is 43.2 Å². The van der Waals surface area contributed by atoms with Crippen LogP contribution in [0.5, 0.6) is 0 Å². The molecule has 0 spiro atoms. The van der Waals surface area contributed by atoms with Gasteiger partial charge >= 0.3 is 0 Å². The lowest BCUT2D eigenvalue weighted by molar-refractivity contribution is -0.924. The predicted molar refractivity (Wildman–Crippen MR) is 93.5 cm³/mol. The number of anilines is 1. The van der Waals surface area contributed by atoms with Crippen LogP contribution in [-0.2, 0) is 6.42 Å². The highest BCUT2D eigenvalue weighted by atomic mass is 19.1. The summed E-state index contributed by atoms with van der Waals surface area (Å²) >= 11 is 0. The number of nitrogens with one attached hydrogen (secondary N) is 1. The number of halogens is 1. The third-order valence-electron chi connectivity index (χ3n) is 5.00. The lowest BCUT2D eigenvalue weighted by atomic mass is 10.0. The molecule has 3 heteroatoms. The third kappa shape index (κ3) is 4.32. The summed E-state index contributed by atoms with van der Waals surface area (Å²) in [6, 6.07) is 18.3. The van der Waals surface area contributed by atoms with Crippen molar-refractivity contribution < 1.29 is 9.29 Å². The molecule has 1 N–H and O–H groups in total. The second-order valence-electron chi connectivity index (χ2n) is 6.55. The van der Waals surface area contributed by atoms with Crippen LogP contribution in [0.25, 0.3) is 0 Å². The molecule has 0 amide bonds. The van der Waals surface area contributed by atoms with Crippen molar-refractivity contribution in [2.45, 2.75) is 25.8 Å². The zero-order valence-electron chi connectivity index (χ0n) is 13.8. The average Bonchev–Trinajstić information content (AvgIpc) is 2.61. The summed E-state index contributed by atoms with van der Waals surface area (Å²) in [5.74, 6) is -0.160. The van der Waals surface area contributed by atoms with Crippen molar-refractivity contribution in [3.8, 4) is 0 Å². The smallest absolute Gasteiger partial charge is 0.123 e. The molecule has 1 aliphatic rings. The van der Waals surface area contributed by atoms with Gasteiger partial charge < -0.3 is 9.80 Å². The first-order valence-corrected chi connectivity index (χ1v) is 8.61. The quantitative estimate of drug-likeness (QED) is 0.891. The molecule has 0 aromatic heterocycles. The Morgan fingerprint density at radius 1 is 1.00 bits per heavy atom. The van der Waals surface area contributed by atoms with E-state index in [4.69, 9.17) is 0 Å². The van der Waals surface area contributed by atoms with Gasteiger partial charge in [0.05, 0.1) is 32.2 Å². The fraction of sp³-hybridized carbons (Fsp3) is 0.400. The lowest BCUT2D eigenvalue weighted by Crippen LogP contribution is -3.18. The van der Waals surface area contributed by atoms with Crippen LogP contribution in [0.15, 0.2) is 54.6 Å². The van der Waals surface area contributed by atoms with Gasteiger partial charge in [0.2, 0.25) is 0 Å². The molecule has 0 unspecified atom stereocenters. The molecular weight excluding hydrogens is 287 g/mol. The van der Waals surface area contributed by atoms with Crippen LogP contribution in [0, 0.1) is 5.82 Å². The van der Waals surface area contributed by atoms with E-state index in [1.807, 2.05) is 12.1 Å². The van der Waals surface area contributed by atoms with Gasteiger partial charge in [-0.2, -0.15) is 0 Å². The van der Waals surface area contributed by atoms with Gasteiger partial charge in [0.1, 0.15) is 5.82 Å².